The van der Waals surface area contributed by atoms with Crippen molar-refractivity contribution in [1.82, 2.24) is 9.55 Å². The van der Waals surface area contributed by atoms with Gasteiger partial charge in [0, 0.05) is 30.4 Å². The van der Waals surface area contributed by atoms with Gasteiger partial charge in [0.05, 0.1) is 0 Å². The molecule has 2 N–H and O–H groups in total. The van der Waals surface area contributed by atoms with Gasteiger partial charge in [-0.3, -0.25) is 0 Å². The number of halogens is 1. The van der Waals surface area contributed by atoms with Crippen LogP contribution in [0, 0.1) is 5.82 Å². The fourth-order valence-corrected chi connectivity index (χ4v) is 2.61. The van der Waals surface area contributed by atoms with Crippen molar-refractivity contribution in [2.45, 2.75) is 25.9 Å². The van der Waals surface area contributed by atoms with Gasteiger partial charge in [-0.25, -0.2) is 9.37 Å². The number of aromatic nitrogens is 2. The van der Waals surface area contributed by atoms with Crippen LogP contribution in [0.3, 0.4) is 0 Å². The highest BCUT2D eigenvalue weighted by molar-refractivity contribution is 5.80. The number of nitrogens with zero attached hydrogens (tertiary/aromatic N) is 2. The SMILES string of the molecule is CC(N)Cc1cn(Cc2ccc(F)cc2)c2ncccc12. The number of nitrogens with two attached hydrogens (primary N) is 1. The van der Waals surface area contributed by atoms with Crippen LogP contribution in [0.5, 0.6) is 0 Å². The van der Waals surface area contributed by atoms with Crippen molar-refractivity contribution in [2.24, 2.45) is 5.73 Å². The smallest absolute Gasteiger partial charge is 0.140 e. The van der Waals surface area contributed by atoms with E-state index < -0.39 is 0 Å². The molecule has 0 saturated heterocycles. The molecule has 0 saturated carbocycles. The van der Waals surface area contributed by atoms with Crippen LogP contribution in [0.2, 0.25) is 0 Å². The van der Waals surface area contributed by atoms with Crippen molar-refractivity contribution in [3.8, 4) is 0 Å². The molecule has 0 aliphatic rings. The maximum Gasteiger partial charge on any atom is 0.140 e. The van der Waals surface area contributed by atoms with Crippen LogP contribution < -0.4 is 5.73 Å². The molecule has 0 fully saturated rings. The summed E-state index contributed by atoms with van der Waals surface area (Å²) in [6, 6.07) is 10.7. The lowest BCUT2D eigenvalue weighted by atomic mass is 10.1. The van der Waals surface area contributed by atoms with Gasteiger partial charge in [-0.15, -0.1) is 0 Å². The van der Waals surface area contributed by atoms with Gasteiger partial charge >= 0.3 is 0 Å². The predicted molar refractivity (Wildman–Crippen MR) is 82.6 cm³/mol. The van der Waals surface area contributed by atoms with Crippen LogP contribution in [0.15, 0.2) is 48.8 Å². The van der Waals surface area contributed by atoms with E-state index in [0.717, 1.165) is 23.0 Å². The molecule has 3 rings (SSSR count). The number of fused-ring (bicyclic) bond motifs is 1. The molecule has 108 valence electrons. The average Bonchev–Trinajstić information content (AvgIpc) is 2.79. The second-order valence-corrected chi connectivity index (χ2v) is 5.46. The molecule has 0 amide bonds. The molecular formula is C17H18FN3. The summed E-state index contributed by atoms with van der Waals surface area (Å²) in [6.07, 6.45) is 4.71. The lowest BCUT2D eigenvalue weighted by Crippen LogP contribution is -2.17. The molecule has 1 unspecified atom stereocenters. The Morgan fingerprint density at radius 2 is 2.00 bits per heavy atom. The van der Waals surface area contributed by atoms with Gasteiger partial charge in [0.25, 0.3) is 0 Å². The number of benzene rings is 1. The molecule has 1 aromatic carbocycles. The van der Waals surface area contributed by atoms with Crippen LogP contribution in [0.4, 0.5) is 4.39 Å². The largest absolute Gasteiger partial charge is 0.328 e. The Morgan fingerprint density at radius 1 is 1.24 bits per heavy atom. The Bertz CT molecular complexity index is 744. The summed E-state index contributed by atoms with van der Waals surface area (Å²) in [5.74, 6) is -0.216. The van der Waals surface area contributed by atoms with E-state index in [0.29, 0.717) is 6.54 Å². The molecule has 2 heterocycles. The molecule has 0 aliphatic carbocycles. The van der Waals surface area contributed by atoms with Crippen molar-refractivity contribution in [1.29, 1.82) is 0 Å². The van der Waals surface area contributed by atoms with Crippen LogP contribution in [-0.2, 0) is 13.0 Å². The molecule has 3 nitrogen and oxygen atoms in total. The van der Waals surface area contributed by atoms with Crippen LogP contribution in [0.1, 0.15) is 18.1 Å². The fourth-order valence-electron chi connectivity index (χ4n) is 2.61. The molecule has 0 aliphatic heterocycles. The zero-order valence-electron chi connectivity index (χ0n) is 12.0. The van der Waals surface area contributed by atoms with Gasteiger partial charge < -0.3 is 10.3 Å². The van der Waals surface area contributed by atoms with E-state index in [-0.39, 0.29) is 11.9 Å². The van der Waals surface area contributed by atoms with Gasteiger partial charge in [0.15, 0.2) is 0 Å². The molecule has 1 atom stereocenters. The van der Waals surface area contributed by atoms with E-state index in [4.69, 9.17) is 5.73 Å². The third-order valence-electron chi connectivity index (χ3n) is 3.52. The molecule has 0 radical (unpaired) electrons. The Labute approximate surface area is 123 Å². The molecule has 21 heavy (non-hydrogen) atoms. The molecule has 4 heteroatoms. The molecule has 0 spiro atoms. The van der Waals surface area contributed by atoms with Crippen LogP contribution in [0.25, 0.3) is 11.0 Å². The summed E-state index contributed by atoms with van der Waals surface area (Å²) in [5.41, 5.74) is 9.12. The first-order chi connectivity index (χ1) is 10.1. The standard InChI is InChI=1S/C17H18FN3/c1-12(19)9-14-11-21(17-16(14)3-2-8-20-17)10-13-4-6-15(18)7-5-13/h2-8,11-12H,9-10,19H2,1H3. The van der Waals surface area contributed by atoms with E-state index in [2.05, 4.69) is 21.8 Å². The zero-order chi connectivity index (χ0) is 14.8. The summed E-state index contributed by atoms with van der Waals surface area (Å²) in [4.78, 5) is 4.47. The van der Waals surface area contributed by atoms with E-state index in [1.165, 1.54) is 17.7 Å². The monoisotopic (exact) mass is 283 g/mol. The van der Waals surface area contributed by atoms with Crippen molar-refractivity contribution in [3.63, 3.8) is 0 Å². The Kier molecular flexibility index (Phi) is 3.71. The van der Waals surface area contributed by atoms with Crippen molar-refractivity contribution in [3.05, 3.63) is 65.7 Å². The first-order valence-electron chi connectivity index (χ1n) is 7.06. The second kappa shape index (κ2) is 5.66. The third-order valence-corrected chi connectivity index (χ3v) is 3.52. The molecule has 3 aromatic rings. The predicted octanol–water partition coefficient (Wildman–Crippen LogP) is 3.11. The van der Waals surface area contributed by atoms with E-state index in [1.807, 2.05) is 13.0 Å². The number of pyridine rings is 1. The quantitative estimate of drug-likeness (QED) is 0.799. The highest BCUT2D eigenvalue weighted by Gasteiger charge is 2.11. The lowest BCUT2D eigenvalue weighted by molar-refractivity contribution is 0.626. The fraction of sp³-hybridized carbons (Fsp3) is 0.235. The minimum absolute atomic E-state index is 0.107. The van der Waals surface area contributed by atoms with Crippen molar-refractivity contribution < 1.29 is 4.39 Å². The van der Waals surface area contributed by atoms with Gasteiger partial charge in [0.2, 0.25) is 0 Å². The maximum atomic E-state index is 13.0. The first kappa shape index (κ1) is 13.8. The van der Waals surface area contributed by atoms with E-state index in [9.17, 15) is 4.39 Å². The molecular weight excluding hydrogens is 265 g/mol. The van der Waals surface area contributed by atoms with Crippen molar-refractivity contribution >= 4 is 11.0 Å². The minimum Gasteiger partial charge on any atom is -0.328 e. The van der Waals surface area contributed by atoms with Gasteiger partial charge in [-0.2, -0.15) is 0 Å². The average molecular weight is 283 g/mol. The first-order valence-corrected chi connectivity index (χ1v) is 7.06. The molecule has 0 bridgehead atoms. The Hall–Kier alpha value is -2.20. The lowest BCUT2D eigenvalue weighted by Gasteiger charge is -2.04. The topological polar surface area (TPSA) is 43.8 Å². The summed E-state index contributed by atoms with van der Waals surface area (Å²) in [7, 11) is 0. The maximum absolute atomic E-state index is 13.0. The highest BCUT2D eigenvalue weighted by atomic mass is 19.1. The third kappa shape index (κ3) is 2.95. The van der Waals surface area contributed by atoms with Crippen molar-refractivity contribution in [2.75, 3.05) is 0 Å². The van der Waals surface area contributed by atoms with Crippen LogP contribution in [-0.4, -0.2) is 15.6 Å². The second-order valence-electron chi connectivity index (χ2n) is 5.46. The summed E-state index contributed by atoms with van der Waals surface area (Å²) in [5, 5.41) is 1.14. The van der Waals surface area contributed by atoms with E-state index >= 15 is 0 Å². The number of hydrogen-bond donors (Lipinski definition) is 1. The number of hydrogen-bond acceptors (Lipinski definition) is 2. The summed E-state index contributed by atoms with van der Waals surface area (Å²) in [6.45, 7) is 2.67. The van der Waals surface area contributed by atoms with Crippen LogP contribution >= 0.6 is 0 Å². The Balaban J connectivity index is 2.00. The zero-order valence-corrected chi connectivity index (χ0v) is 12.0. The minimum atomic E-state index is -0.216. The Morgan fingerprint density at radius 3 is 2.71 bits per heavy atom. The normalized spacial score (nSPS) is 12.7. The van der Waals surface area contributed by atoms with E-state index in [1.54, 1.807) is 18.3 Å². The molecule has 2 aromatic heterocycles. The van der Waals surface area contributed by atoms with Gasteiger partial charge in [-0.05, 0) is 48.7 Å². The van der Waals surface area contributed by atoms with Gasteiger partial charge in [0.1, 0.15) is 11.5 Å². The van der Waals surface area contributed by atoms with Gasteiger partial charge in [-0.1, -0.05) is 12.1 Å². The number of rotatable bonds is 4. The summed E-state index contributed by atoms with van der Waals surface area (Å²) >= 11 is 0. The summed E-state index contributed by atoms with van der Waals surface area (Å²) < 4.78 is 15.1. The highest BCUT2D eigenvalue weighted by Crippen LogP contribution is 2.21.